The van der Waals surface area contributed by atoms with Crippen molar-refractivity contribution in [1.82, 2.24) is 19.5 Å². The Morgan fingerprint density at radius 3 is 2.73 bits per heavy atom. The summed E-state index contributed by atoms with van der Waals surface area (Å²) in [4.78, 5) is 23.4. The number of nitrogen functional groups attached to an aromatic ring is 1. The van der Waals surface area contributed by atoms with Gasteiger partial charge in [0.1, 0.15) is 23.8 Å². The molecule has 3 rings (SSSR count). The number of ketones is 1. The molecule has 4 atom stereocenters. The molecule has 10 nitrogen and oxygen atoms in total. The zero-order valence-corrected chi connectivity index (χ0v) is 11.6. The van der Waals surface area contributed by atoms with Gasteiger partial charge in [-0.25, -0.2) is 15.0 Å². The van der Waals surface area contributed by atoms with E-state index in [1.165, 1.54) is 17.8 Å². The molecular weight excluding hydrogens is 294 g/mol. The molecule has 22 heavy (non-hydrogen) atoms. The van der Waals surface area contributed by atoms with Gasteiger partial charge in [-0.15, -0.1) is 0 Å². The van der Waals surface area contributed by atoms with Crippen molar-refractivity contribution in [3.05, 3.63) is 12.2 Å². The van der Waals surface area contributed by atoms with E-state index in [9.17, 15) is 15.0 Å². The number of aliphatic hydroxyl groups is 3. The van der Waals surface area contributed by atoms with Gasteiger partial charge in [0, 0.05) is 6.92 Å². The van der Waals surface area contributed by atoms with Gasteiger partial charge in [0.25, 0.3) is 0 Å². The lowest BCUT2D eigenvalue weighted by Crippen LogP contribution is -2.33. The molecule has 118 valence electrons. The summed E-state index contributed by atoms with van der Waals surface area (Å²) in [7, 11) is 0. The molecule has 2 aromatic rings. The summed E-state index contributed by atoms with van der Waals surface area (Å²) in [5, 5.41) is 29.0. The number of hydrogen-bond acceptors (Lipinski definition) is 9. The maximum atomic E-state index is 11.4. The van der Waals surface area contributed by atoms with Gasteiger partial charge in [0.2, 0.25) is 0 Å². The minimum Gasteiger partial charge on any atom is -0.394 e. The highest BCUT2D eigenvalue weighted by molar-refractivity contribution is 5.93. The summed E-state index contributed by atoms with van der Waals surface area (Å²) in [5.41, 5.74) is 6.20. The number of aliphatic hydroxyl groups excluding tert-OH is 3. The van der Waals surface area contributed by atoms with Gasteiger partial charge in [-0.3, -0.25) is 9.36 Å². The first-order valence-corrected chi connectivity index (χ1v) is 6.57. The van der Waals surface area contributed by atoms with E-state index in [1.54, 1.807) is 0 Å². The first-order chi connectivity index (χ1) is 10.4. The molecule has 0 aromatic carbocycles. The summed E-state index contributed by atoms with van der Waals surface area (Å²) in [6, 6.07) is 0. The minimum absolute atomic E-state index is 0.0284. The number of rotatable bonds is 3. The van der Waals surface area contributed by atoms with E-state index in [-0.39, 0.29) is 28.6 Å². The van der Waals surface area contributed by atoms with Crippen molar-refractivity contribution in [2.45, 2.75) is 31.5 Å². The number of aromatic nitrogens is 4. The van der Waals surface area contributed by atoms with Crippen LogP contribution in [0, 0.1) is 0 Å². The SMILES string of the molecule is CC(=O)c1nc(N)c2ncn([C@@H]3O[C@H](CO)[C@@H](O)[C@H]3O)c2n1. The van der Waals surface area contributed by atoms with Crippen molar-refractivity contribution in [3.8, 4) is 0 Å². The summed E-state index contributed by atoms with van der Waals surface area (Å²) < 4.78 is 6.77. The maximum absolute atomic E-state index is 11.4. The van der Waals surface area contributed by atoms with Crippen LogP contribution in [0.1, 0.15) is 23.8 Å². The van der Waals surface area contributed by atoms with Gasteiger partial charge < -0.3 is 25.8 Å². The zero-order chi connectivity index (χ0) is 16.0. The van der Waals surface area contributed by atoms with Gasteiger partial charge in [0.15, 0.2) is 29.3 Å². The van der Waals surface area contributed by atoms with Crippen molar-refractivity contribution in [2.75, 3.05) is 12.3 Å². The predicted octanol–water partition coefficient (Wildman–Crippen LogP) is -1.78. The smallest absolute Gasteiger partial charge is 0.199 e. The average molecular weight is 309 g/mol. The molecule has 2 aromatic heterocycles. The normalized spacial score (nSPS) is 28.4. The second kappa shape index (κ2) is 5.25. The molecule has 0 unspecified atom stereocenters. The van der Waals surface area contributed by atoms with Crippen LogP contribution in [0.2, 0.25) is 0 Å². The van der Waals surface area contributed by atoms with Crippen LogP contribution in [-0.4, -0.2) is 65.5 Å². The average Bonchev–Trinajstić information content (AvgIpc) is 3.02. The topological polar surface area (TPSA) is 157 Å². The number of carbonyl (C=O) groups excluding carboxylic acids is 1. The number of nitrogens with two attached hydrogens (primary N) is 1. The van der Waals surface area contributed by atoms with E-state index in [1.807, 2.05) is 0 Å². The first-order valence-electron chi connectivity index (χ1n) is 6.57. The first kappa shape index (κ1) is 14.8. The molecule has 0 saturated carbocycles. The molecule has 10 heteroatoms. The standard InChI is InChI=1S/C12H15N5O5/c1-4(19)10-15-9(13)6-11(16-10)17(3-14-6)12-8(21)7(20)5(2-18)22-12/h3,5,7-8,12,18,20-21H,2H2,1H3,(H2,13,15,16)/t5-,7-,8-,12-/m1/s1. The predicted molar refractivity (Wildman–Crippen MR) is 72.7 cm³/mol. The third-order valence-corrected chi connectivity index (χ3v) is 3.55. The van der Waals surface area contributed by atoms with Crippen molar-refractivity contribution in [3.63, 3.8) is 0 Å². The van der Waals surface area contributed by atoms with Crippen LogP contribution in [0.5, 0.6) is 0 Å². The fourth-order valence-corrected chi connectivity index (χ4v) is 2.39. The molecule has 0 bridgehead atoms. The third-order valence-electron chi connectivity index (χ3n) is 3.55. The Balaban J connectivity index is 2.10. The number of ether oxygens (including phenoxy) is 1. The minimum atomic E-state index is -1.29. The van der Waals surface area contributed by atoms with E-state index in [4.69, 9.17) is 15.6 Å². The second-order valence-corrected chi connectivity index (χ2v) is 5.04. The fraction of sp³-hybridized carbons (Fsp3) is 0.500. The quantitative estimate of drug-likeness (QED) is 0.481. The highest BCUT2D eigenvalue weighted by Crippen LogP contribution is 2.31. The highest BCUT2D eigenvalue weighted by atomic mass is 16.6. The van der Waals surface area contributed by atoms with Gasteiger partial charge in [-0.1, -0.05) is 0 Å². The molecule has 1 saturated heterocycles. The molecule has 1 aliphatic heterocycles. The third kappa shape index (κ3) is 2.13. The molecule has 0 spiro atoms. The molecule has 1 aliphatic rings. The van der Waals surface area contributed by atoms with Crippen LogP contribution in [0.4, 0.5) is 5.82 Å². The Labute approximate surface area is 124 Å². The summed E-state index contributed by atoms with van der Waals surface area (Å²) >= 11 is 0. The van der Waals surface area contributed by atoms with E-state index in [0.29, 0.717) is 0 Å². The van der Waals surface area contributed by atoms with Gasteiger partial charge >= 0.3 is 0 Å². The zero-order valence-electron chi connectivity index (χ0n) is 11.6. The number of fused-ring (bicyclic) bond motifs is 1. The van der Waals surface area contributed by atoms with Crippen molar-refractivity contribution >= 4 is 22.8 Å². The maximum Gasteiger partial charge on any atom is 0.199 e. The van der Waals surface area contributed by atoms with Crippen LogP contribution < -0.4 is 5.73 Å². The molecule has 0 amide bonds. The molecule has 5 N–H and O–H groups in total. The van der Waals surface area contributed by atoms with E-state index in [2.05, 4.69) is 15.0 Å². The Kier molecular flexibility index (Phi) is 3.53. The van der Waals surface area contributed by atoms with E-state index < -0.39 is 31.1 Å². The van der Waals surface area contributed by atoms with Gasteiger partial charge in [-0.05, 0) is 0 Å². The fourth-order valence-electron chi connectivity index (χ4n) is 2.39. The lowest BCUT2D eigenvalue weighted by molar-refractivity contribution is -0.0511. The van der Waals surface area contributed by atoms with Crippen LogP contribution in [0.25, 0.3) is 11.2 Å². The monoisotopic (exact) mass is 309 g/mol. The number of Topliss-reactive ketones (excluding diaryl/α,β-unsaturated/α-hetero) is 1. The number of imidazole rings is 1. The summed E-state index contributed by atoms with van der Waals surface area (Å²) in [6.07, 6.45) is -3.15. The largest absolute Gasteiger partial charge is 0.394 e. The lowest BCUT2D eigenvalue weighted by atomic mass is 10.1. The number of hydrogen-bond donors (Lipinski definition) is 4. The molecule has 3 heterocycles. The van der Waals surface area contributed by atoms with Gasteiger partial charge in [-0.2, -0.15) is 0 Å². The second-order valence-electron chi connectivity index (χ2n) is 5.04. The highest BCUT2D eigenvalue weighted by Gasteiger charge is 2.44. The van der Waals surface area contributed by atoms with Crippen LogP contribution in [0.3, 0.4) is 0 Å². The van der Waals surface area contributed by atoms with E-state index in [0.717, 1.165) is 0 Å². The molecule has 1 fully saturated rings. The van der Waals surface area contributed by atoms with E-state index >= 15 is 0 Å². The Morgan fingerprint density at radius 2 is 2.14 bits per heavy atom. The number of nitrogens with zero attached hydrogens (tertiary/aromatic N) is 4. The van der Waals surface area contributed by atoms with Crippen molar-refractivity contribution < 1.29 is 24.9 Å². The van der Waals surface area contributed by atoms with Gasteiger partial charge in [0.05, 0.1) is 12.9 Å². The molecule has 0 aliphatic carbocycles. The molecule has 0 radical (unpaired) electrons. The summed E-state index contributed by atoms with van der Waals surface area (Å²) in [6.45, 7) is 0.852. The molecular formula is C12H15N5O5. The van der Waals surface area contributed by atoms with Crippen LogP contribution in [0.15, 0.2) is 6.33 Å². The van der Waals surface area contributed by atoms with Crippen molar-refractivity contribution in [2.24, 2.45) is 0 Å². The van der Waals surface area contributed by atoms with Crippen molar-refractivity contribution in [1.29, 1.82) is 0 Å². The number of anilines is 1. The summed E-state index contributed by atoms with van der Waals surface area (Å²) in [5.74, 6) is -0.429. The van der Waals surface area contributed by atoms with Crippen LogP contribution in [-0.2, 0) is 4.74 Å². The van der Waals surface area contributed by atoms with Crippen LogP contribution >= 0.6 is 0 Å². The Hall–Kier alpha value is -2.14. The lowest BCUT2D eigenvalue weighted by Gasteiger charge is -2.16. The Bertz CT molecular complexity index is 732. The Morgan fingerprint density at radius 1 is 1.41 bits per heavy atom. The number of carbonyl (C=O) groups is 1.